The van der Waals surface area contributed by atoms with Crippen LogP contribution in [-0.4, -0.2) is 96.0 Å². The number of unbranched alkanes of at least 4 members (excludes halogenated alkanes) is 21. The Bertz CT molecular complexity index is 1210. The van der Waals surface area contributed by atoms with Crippen LogP contribution in [-0.2, 0) is 38.7 Å². The number of aliphatic hydroxyl groups is 3. The molecule has 0 spiro atoms. The van der Waals surface area contributed by atoms with Crippen molar-refractivity contribution in [2.45, 2.75) is 217 Å². The Kier molecular flexibility index (Phi) is 33.1. The highest BCUT2D eigenvalue weighted by atomic mass is 32.2. The molecule has 0 aromatic heterocycles. The molecule has 1 fully saturated rings. The van der Waals surface area contributed by atoms with E-state index in [1.54, 1.807) is 0 Å². The first-order valence-electron chi connectivity index (χ1n) is 22.5. The van der Waals surface area contributed by atoms with Gasteiger partial charge in [-0.1, -0.05) is 140 Å². The van der Waals surface area contributed by atoms with Crippen molar-refractivity contribution in [2.75, 3.05) is 19.0 Å². The Labute approximate surface area is 351 Å². The van der Waals surface area contributed by atoms with Crippen LogP contribution >= 0.6 is 0 Å². The van der Waals surface area contributed by atoms with Gasteiger partial charge in [-0.2, -0.15) is 8.42 Å². The summed E-state index contributed by atoms with van der Waals surface area (Å²) >= 11 is 0. The Morgan fingerprint density at radius 1 is 0.638 bits per heavy atom. The number of esters is 2. The van der Waals surface area contributed by atoms with E-state index >= 15 is 0 Å². The number of allylic oxidation sites excluding steroid dienone is 5. The van der Waals surface area contributed by atoms with E-state index in [-0.39, 0.29) is 19.4 Å². The molecular weight excluding hydrogens is 765 g/mol. The Balaban J connectivity index is 2.47. The van der Waals surface area contributed by atoms with Crippen molar-refractivity contribution in [3.63, 3.8) is 0 Å². The summed E-state index contributed by atoms with van der Waals surface area (Å²) < 4.78 is 54.0. The molecule has 0 aromatic rings. The fourth-order valence-corrected chi connectivity index (χ4v) is 7.49. The molecule has 1 heterocycles. The number of rotatable bonds is 38. The van der Waals surface area contributed by atoms with E-state index in [0.717, 1.165) is 51.4 Å². The molecule has 338 valence electrons. The van der Waals surface area contributed by atoms with Crippen LogP contribution in [0.3, 0.4) is 0 Å². The van der Waals surface area contributed by atoms with E-state index in [0.29, 0.717) is 12.8 Å². The number of hydrogen-bond donors (Lipinski definition) is 4. The van der Waals surface area contributed by atoms with Crippen LogP contribution in [0.2, 0.25) is 0 Å². The molecule has 2 unspecified atom stereocenters. The normalized spacial score (nSPS) is 20.5. The Hall–Kier alpha value is -2.13. The quantitative estimate of drug-likeness (QED) is 0.0200. The zero-order chi connectivity index (χ0) is 42.7. The summed E-state index contributed by atoms with van der Waals surface area (Å²) in [5, 5.41) is 30.9. The van der Waals surface area contributed by atoms with Gasteiger partial charge in [-0.05, 0) is 57.8 Å². The highest BCUT2D eigenvalue weighted by Gasteiger charge is 2.46. The van der Waals surface area contributed by atoms with Crippen molar-refractivity contribution >= 4 is 22.1 Å². The topological polar surface area (TPSA) is 186 Å². The molecule has 0 aliphatic carbocycles. The van der Waals surface area contributed by atoms with Gasteiger partial charge in [0.2, 0.25) is 0 Å². The van der Waals surface area contributed by atoms with Crippen molar-refractivity contribution in [3.05, 3.63) is 37.0 Å². The molecule has 1 aliphatic heterocycles. The van der Waals surface area contributed by atoms with Gasteiger partial charge in [0, 0.05) is 12.8 Å². The first kappa shape index (κ1) is 53.9. The lowest BCUT2D eigenvalue weighted by Crippen LogP contribution is -2.60. The van der Waals surface area contributed by atoms with Crippen molar-refractivity contribution in [1.29, 1.82) is 0 Å². The maximum atomic E-state index is 12.8. The molecule has 1 aliphatic rings. The zero-order valence-corrected chi connectivity index (χ0v) is 36.6. The van der Waals surface area contributed by atoms with E-state index in [9.17, 15) is 37.9 Å². The first-order valence-corrected chi connectivity index (χ1v) is 24.1. The second kappa shape index (κ2) is 35.6. The molecule has 1 saturated heterocycles. The fourth-order valence-electron chi connectivity index (χ4n) is 6.80. The highest BCUT2D eigenvalue weighted by Crippen LogP contribution is 2.24. The third-order valence-corrected chi connectivity index (χ3v) is 11.1. The Morgan fingerprint density at radius 2 is 1.12 bits per heavy atom. The van der Waals surface area contributed by atoms with Crippen LogP contribution in [0.25, 0.3) is 0 Å². The minimum absolute atomic E-state index is 0.122. The molecule has 0 aromatic carbocycles. The maximum absolute atomic E-state index is 12.8. The van der Waals surface area contributed by atoms with Gasteiger partial charge in [-0.15, -0.1) is 6.58 Å². The number of aliphatic hydroxyl groups excluding tert-OH is 3. The number of ether oxygens (including phenoxy) is 4. The fraction of sp³-hybridized carbons (Fsp3) is 0.822. The predicted molar refractivity (Wildman–Crippen MR) is 229 cm³/mol. The summed E-state index contributed by atoms with van der Waals surface area (Å²) in [4.78, 5) is 25.4. The van der Waals surface area contributed by atoms with Gasteiger partial charge < -0.3 is 34.3 Å². The van der Waals surface area contributed by atoms with E-state index < -0.39 is 71.2 Å². The molecule has 12 nitrogen and oxygen atoms in total. The average molecular weight is 845 g/mol. The van der Waals surface area contributed by atoms with Crippen LogP contribution in [0.15, 0.2) is 37.0 Å². The minimum atomic E-state index is -4.60. The van der Waals surface area contributed by atoms with Crippen molar-refractivity contribution in [1.82, 2.24) is 0 Å². The maximum Gasteiger partial charge on any atom is 0.306 e. The Morgan fingerprint density at radius 3 is 1.67 bits per heavy atom. The van der Waals surface area contributed by atoms with Crippen molar-refractivity contribution < 1.29 is 56.8 Å². The molecular formula is C45H80O12S. The van der Waals surface area contributed by atoms with Gasteiger partial charge in [0.15, 0.2) is 12.4 Å². The standard InChI is InChI=1S/C45H80O12S/c1-3-5-7-9-11-13-15-17-19-21-23-25-27-29-31-33-40(46)54-35-38(36-55-45-44(50)43(49)42(48)39(57-45)37-58(51,52)53)56-41(47)34-32-30-28-26-24-22-20-18-16-14-12-10-8-6-4-2/h3,18,20,24,26,38-39,42-45,48-50H,1,4-17,19,21-23,25,27-37H2,2H3,(H,51,52,53)/b20-18+,26-24+/t38-,39-,42-,43?,44?,45+/m1/s1. The molecule has 13 heteroatoms. The monoisotopic (exact) mass is 845 g/mol. The van der Waals surface area contributed by atoms with Gasteiger partial charge in [0.05, 0.1) is 6.61 Å². The van der Waals surface area contributed by atoms with E-state index in [1.807, 2.05) is 6.08 Å². The molecule has 6 atom stereocenters. The lowest BCUT2D eigenvalue weighted by atomic mass is 10.00. The van der Waals surface area contributed by atoms with Gasteiger partial charge in [-0.25, -0.2) is 0 Å². The van der Waals surface area contributed by atoms with Crippen LogP contribution in [0.1, 0.15) is 180 Å². The molecule has 0 saturated carbocycles. The van der Waals surface area contributed by atoms with E-state index in [1.165, 1.54) is 96.3 Å². The van der Waals surface area contributed by atoms with Gasteiger partial charge >= 0.3 is 11.9 Å². The van der Waals surface area contributed by atoms with E-state index in [4.69, 9.17) is 18.9 Å². The zero-order valence-electron chi connectivity index (χ0n) is 35.7. The summed E-state index contributed by atoms with van der Waals surface area (Å²) in [6.07, 6.45) is 29.4. The summed E-state index contributed by atoms with van der Waals surface area (Å²) in [7, 11) is -4.60. The lowest BCUT2D eigenvalue weighted by Gasteiger charge is -2.40. The third-order valence-electron chi connectivity index (χ3n) is 10.3. The molecule has 1 rings (SSSR count). The SMILES string of the molecule is C=CCCCCCCCCCCCCCCCC(=O)OC[C@H](CO[C@H]1O[C@H](CS(=O)(=O)O)[C@@H](O)C(O)C1O)OC(=O)CCCC/C=C/C/C=C/CCCCCCCC. The third kappa shape index (κ3) is 30.0. The highest BCUT2D eigenvalue weighted by molar-refractivity contribution is 7.85. The molecule has 0 radical (unpaired) electrons. The lowest BCUT2D eigenvalue weighted by molar-refractivity contribution is -0.297. The smallest absolute Gasteiger partial charge is 0.306 e. The summed E-state index contributed by atoms with van der Waals surface area (Å²) in [5.74, 6) is -2.03. The van der Waals surface area contributed by atoms with Crippen LogP contribution in [0, 0.1) is 0 Å². The van der Waals surface area contributed by atoms with Gasteiger partial charge in [0.1, 0.15) is 36.8 Å². The molecule has 0 bridgehead atoms. The number of hydrogen-bond acceptors (Lipinski definition) is 11. The average Bonchev–Trinajstić information content (AvgIpc) is 3.18. The van der Waals surface area contributed by atoms with Crippen LogP contribution in [0.4, 0.5) is 0 Å². The first-order chi connectivity index (χ1) is 28.0. The van der Waals surface area contributed by atoms with Crippen LogP contribution in [0.5, 0.6) is 0 Å². The van der Waals surface area contributed by atoms with Gasteiger partial charge in [-0.3, -0.25) is 14.1 Å². The summed E-state index contributed by atoms with van der Waals surface area (Å²) in [6, 6.07) is 0. The second-order valence-electron chi connectivity index (χ2n) is 15.8. The number of carbonyl (C=O) groups excluding carboxylic acids is 2. The molecule has 0 amide bonds. The van der Waals surface area contributed by atoms with Crippen molar-refractivity contribution in [3.8, 4) is 0 Å². The second-order valence-corrected chi connectivity index (χ2v) is 17.3. The van der Waals surface area contributed by atoms with Crippen molar-refractivity contribution in [2.24, 2.45) is 0 Å². The molecule has 58 heavy (non-hydrogen) atoms. The number of carbonyl (C=O) groups is 2. The molecule has 4 N–H and O–H groups in total. The van der Waals surface area contributed by atoms with Gasteiger partial charge in [0.25, 0.3) is 10.1 Å². The van der Waals surface area contributed by atoms with E-state index in [2.05, 4.69) is 37.8 Å². The summed E-state index contributed by atoms with van der Waals surface area (Å²) in [5.41, 5.74) is 0. The minimum Gasteiger partial charge on any atom is -0.462 e. The largest absolute Gasteiger partial charge is 0.462 e. The predicted octanol–water partition coefficient (Wildman–Crippen LogP) is 9.00. The van der Waals surface area contributed by atoms with Crippen LogP contribution < -0.4 is 0 Å². The summed E-state index contributed by atoms with van der Waals surface area (Å²) in [6.45, 7) is 5.25.